The second-order valence-electron chi connectivity index (χ2n) is 3.87. The average Bonchev–Trinajstić information content (AvgIpc) is 2.96. The Morgan fingerprint density at radius 1 is 1.67 bits per heavy atom. The Labute approximate surface area is 102 Å². The number of thiophene rings is 1. The Balaban J connectivity index is 2.10. The van der Waals surface area contributed by atoms with Crippen LogP contribution in [-0.2, 0) is 0 Å². The monoisotopic (exact) mass is 287 g/mol. The van der Waals surface area contributed by atoms with E-state index in [0.29, 0.717) is 6.04 Å². The molecule has 82 valence electrons. The molecular formula is C11H14BrNOS. The van der Waals surface area contributed by atoms with Crippen molar-refractivity contribution in [3.63, 3.8) is 0 Å². The zero-order valence-corrected chi connectivity index (χ0v) is 11.1. The highest BCUT2D eigenvalue weighted by Crippen LogP contribution is 2.30. The predicted octanol–water partition coefficient (Wildman–Crippen LogP) is 3.53. The third-order valence-electron chi connectivity index (χ3n) is 2.53. The van der Waals surface area contributed by atoms with Gasteiger partial charge in [0.25, 0.3) is 5.91 Å². The molecule has 1 aliphatic carbocycles. The fourth-order valence-corrected chi connectivity index (χ4v) is 2.80. The number of amides is 1. The molecule has 0 atom stereocenters. The van der Waals surface area contributed by atoms with E-state index < -0.39 is 0 Å². The van der Waals surface area contributed by atoms with E-state index in [1.807, 2.05) is 16.3 Å². The van der Waals surface area contributed by atoms with Gasteiger partial charge in [-0.15, -0.1) is 11.3 Å². The van der Waals surface area contributed by atoms with Gasteiger partial charge in [-0.05, 0) is 41.3 Å². The van der Waals surface area contributed by atoms with Crippen LogP contribution in [0, 0.1) is 0 Å². The minimum atomic E-state index is 0.196. The SMILES string of the molecule is CCCN(C(=O)c1csc(Br)c1)C1CC1. The van der Waals surface area contributed by atoms with Crippen molar-refractivity contribution in [2.24, 2.45) is 0 Å². The van der Waals surface area contributed by atoms with Crippen LogP contribution < -0.4 is 0 Å². The van der Waals surface area contributed by atoms with E-state index in [9.17, 15) is 4.79 Å². The lowest BCUT2D eigenvalue weighted by Crippen LogP contribution is -2.33. The molecule has 15 heavy (non-hydrogen) atoms. The highest BCUT2D eigenvalue weighted by molar-refractivity contribution is 9.11. The Bertz CT molecular complexity index is 359. The second-order valence-corrected chi connectivity index (χ2v) is 6.16. The van der Waals surface area contributed by atoms with Crippen molar-refractivity contribution < 1.29 is 4.79 Å². The Morgan fingerprint density at radius 2 is 2.40 bits per heavy atom. The first kappa shape index (κ1) is 11.1. The first-order chi connectivity index (χ1) is 7.22. The summed E-state index contributed by atoms with van der Waals surface area (Å²) in [5.74, 6) is 0.196. The van der Waals surface area contributed by atoms with Gasteiger partial charge in [-0.3, -0.25) is 4.79 Å². The first-order valence-electron chi connectivity index (χ1n) is 5.27. The third-order valence-corrected chi connectivity index (χ3v) is 4.03. The summed E-state index contributed by atoms with van der Waals surface area (Å²) in [4.78, 5) is 14.2. The molecule has 0 bridgehead atoms. The number of nitrogens with zero attached hydrogens (tertiary/aromatic N) is 1. The minimum absolute atomic E-state index is 0.196. The van der Waals surface area contributed by atoms with Gasteiger partial charge in [0.15, 0.2) is 0 Å². The molecule has 0 saturated heterocycles. The molecule has 0 spiro atoms. The number of hydrogen-bond donors (Lipinski definition) is 0. The van der Waals surface area contributed by atoms with E-state index in [1.165, 1.54) is 12.8 Å². The van der Waals surface area contributed by atoms with E-state index in [-0.39, 0.29) is 5.91 Å². The van der Waals surface area contributed by atoms with Gasteiger partial charge in [-0.25, -0.2) is 0 Å². The van der Waals surface area contributed by atoms with Crippen molar-refractivity contribution in [3.8, 4) is 0 Å². The molecule has 1 saturated carbocycles. The summed E-state index contributed by atoms with van der Waals surface area (Å²) >= 11 is 4.96. The lowest BCUT2D eigenvalue weighted by atomic mass is 10.2. The lowest BCUT2D eigenvalue weighted by molar-refractivity contribution is 0.0743. The fourth-order valence-electron chi connectivity index (χ4n) is 1.67. The summed E-state index contributed by atoms with van der Waals surface area (Å²) in [6, 6.07) is 2.43. The van der Waals surface area contributed by atoms with Gasteiger partial charge in [0.1, 0.15) is 0 Å². The van der Waals surface area contributed by atoms with Crippen molar-refractivity contribution in [2.45, 2.75) is 32.2 Å². The van der Waals surface area contributed by atoms with Crippen LogP contribution in [0.1, 0.15) is 36.5 Å². The van der Waals surface area contributed by atoms with Crippen molar-refractivity contribution in [3.05, 3.63) is 20.8 Å². The summed E-state index contributed by atoms with van der Waals surface area (Å²) in [5, 5.41) is 1.93. The van der Waals surface area contributed by atoms with Gasteiger partial charge in [0, 0.05) is 18.0 Å². The summed E-state index contributed by atoms with van der Waals surface area (Å²) in [6.07, 6.45) is 3.39. The molecule has 1 fully saturated rings. The molecule has 2 rings (SSSR count). The van der Waals surface area contributed by atoms with Crippen LogP contribution in [0.15, 0.2) is 15.2 Å². The van der Waals surface area contributed by atoms with Crippen LogP contribution in [0.5, 0.6) is 0 Å². The summed E-state index contributed by atoms with van der Waals surface area (Å²) in [5.41, 5.74) is 0.826. The lowest BCUT2D eigenvalue weighted by Gasteiger charge is -2.20. The van der Waals surface area contributed by atoms with Crippen LogP contribution >= 0.6 is 27.3 Å². The fraction of sp³-hybridized carbons (Fsp3) is 0.545. The smallest absolute Gasteiger partial charge is 0.254 e. The van der Waals surface area contributed by atoms with Crippen molar-refractivity contribution in [1.82, 2.24) is 4.90 Å². The van der Waals surface area contributed by atoms with Crippen LogP contribution in [0.25, 0.3) is 0 Å². The van der Waals surface area contributed by atoms with E-state index in [2.05, 4.69) is 22.9 Å². The number of carbonyl (C=O) groups is 1. The standard InChI is InChI=1S/C11H14BrNOS/c1-2-5-13(9-3-4-9)11(14)8-6-10(12)15-7-8/h6-7,9H,2-5H2,1H3. The highest BCUT2D eigenvalue weighted by Gasteiger charge is 2.32. The predicted molar refractivity (Wildman–Crippen MR) is 66.4 cm³/mol. The molecule has 1 amide bonds. The second kappa shape index (κ2) is 4.66. The molecule has 0 radical (unpaired) electrons. The van der Waals surface area contributed by atoms with Crippen molar-refractivity contribution >= 4 is 33.2 Å². The molecule has 1 aliphatic rings. The zero-order valence-electron chi connectivity index (χ0n) is 8.70. The van der Waals surface area contributed by atoms with Crippen molar-refractivity contribution in [2.75, 3.05) is 6.54 Å². The number of carbonyl (C=O) groups excluding carboxylic acids is 1. The molecule has 1 aromatic heterocycles. The maximum atomic E-state index is 12.1. The van der Waals surface area contributed by atoms with Gasteiger partial charge >= 0.3 is 0 Å². The van der Waals surface area contributed by atoms with Crippen molar-refractivity contribution in [1.29, 1.82) is 0 Å². The van der Waals surface area contributed by atoms with Crippen LogP contribution in [0.3, 0.4) is 0 Å². The van der Waals surface area contributed by atoms with E-state index >= 15 is 0 Å². The zero-order chi connectivity index (χ0) is 10.8. The molecule has 0 unspecified atom stereocenters. The molecular weight excluding hydrogens is 274 g/mol. The number of hydrogen-bond acceptors (Lipinski definition) is 2. The van der Waals surface area contributed by atoms with Gasteiger partial charge in [0.05, 0.1) is 9.35 Å². The maximum Gasteiger partial charge on any atom is 0.254 e. The number of halogens is 1. The Kier molecular flexibility index (Phi) is 3.46. The van der Waals surface area contributed by atoms with E-state index in [1.54, 1.807) is 11.3 Å². The number of rotatable bonds is 4. The molecule has 0 N–H and O–H groups in total. The van der Waals surface area contributed by atoms with Gasteiger partial charge in [-0.1, -0.05) is 6.92 Å². The van der Waals surface area contributed by atoms with E-state index in [4.69, 9.17) is 0 Å². The molecule has 2 nitrogen and oxygen atoms in total. The largest absolute Gasteiger partial charge is 0.336 e. The Hall–Kier alpha value is -0.350. The summed E-state index contributed by atoms with van der Waals surface area (Å²) < 4.78 is 1.03. The van der Waals surface area contributed by atoms with Crippen LogP contribution in [-0.4, -0.2) is 23.4 Å². The minimum Gasteiger partial charge on any atom is -0.336 e. The molecule has 1 aromatic rings. The third kappa shape index (κ3) is 2.61. The van der Waals surface area contributed by atoms with Crippen LogP contribution in [0.4, 0.5) is 0 Å². The topological polar surface area (TPSA) is 20.3 Å². The average molecular weight is 288 g/mol. The van der Waals surface area contributed by atoms with Gasteiger partial charge in [-0.2, -0.15) is 0 Å². The summed E-state index contributed by atoms with van der Waals surface area (Å²) in [6.45, 7) is 3.00. The molecule has 0 aliphatic heterocycles. The Morgan fingerprint density at radius 3 is 2.87 bits per heavy atom. The van der Waals surface area contributed by atoms with Gasteiger partial charge < -0.3 is 4.90 Å². The molecule has 4 heteroatoms. The first-order valence-corrected chi connectivity index (χ1v) is 6.94. The molecule has 1 heterocycles. The normalized spacial score (nSPS) is 15.3. The summed E-state index contributed by atoms with van der Waals surface area (Å²) in [7, 11) is 0. The maximum absolute atomic E-state index is 12.1. The van der Waals surface area contributed by atoms with Gasteiger partial charge in [0.2, 0.25) is 0 Å². The molecule has 0 aromatic carbocycles. The quantitative estimate of drug-likeness (QED) is 0.830. The van der Waals surface area contributed by atoms with Crippen LogP contribution in [0.2, 0.25) is 0 Å². The highest BCUT2D eigenvalue weighted by atomic mass is 79.9. The van der Waals surface area contributed by atoms with E-state index in [0.717, 1.165) is 22.3 Å².